The topological polar surface area (TPSA) is 26.3 Å². The molecule has 1 aromatic carbocycles. The molecule has 1 saturated carbocycles. The molecule has 1 atom stereocenters. The van der Waals surface area contributed by atoms with Crippen LogP contribution < -0.4 is 0 Å². The van der Waals surface area contributed by atoms with Crippen LogP contribution in [0.4, 0.5) is 0 Å². The van der Waals surface area contributed by atoms with Gasteiger partial charge in [-0.2, -0.15) is 0 Å². The molecule has 0 spiro atoms. The lowest BCUT2D eigenvalue weighted by atomic mass is 9.90. The second-order valence-corrected chi connectivity index (χ2v) is 7.30. The highest BCUT2D eigenvalue weighted by Crippen LogP contribution is 2.45. The minimum Gasteiger partial charge on any atom is -0.449 e. The molecule has 24 heavy (non-hydrogen) atoms. The molecule has 0 aromatic heterocycles. The van der Waals surface area contributed by atoms with Crippen LogP contribution >= 0.6 is 15.9 Å². The molecule has 1 unspecified atom stereocenters. The van der Waals surface area contributed by atoms with Gasteiger partial charge < -0.3 is 4.74 Å². The van der Waals surface area contributed by atoms with Crippen molar-refractivity contribution in [3.8, 4) is 0 Å². The molecule has 0 bridgehead atoms. The van der Waals surface area contributed by atoms with Crippen LogP contribution in [0.15, 0.2) is 53.1 Å². The number of benzene rings is 1. The maximum absolute atomic E-state index is 12.6. The Morgan fingerprint density at radius 3 is 2.67 bits per heavy atom. The predicted octanol–water partition coefficient (Wildman–Crippen LogP) is 5.89. The Hall–Kier alpha value is -1.35. The molecule has 1 fully saturated rings. The first-order valence-corrected chi connectivity index (χ1v) is 10.1. The number of esters is 1. The van der Waals surface area contributed by atoms with Crippen molar-refractivity contribution in [1.82, 2.24) is 0 Å². The van der Waals surface area contributed by atoms with E-state index in [0.717, 1.165) is 34.9 Å². The molecule has 0 saturated heterocycles. The number of alkyl halides is 1. The zero-order chi connectivity index (χ0) is 16.9. The molecular weight excluding hydrogens is 364 g/mol. The quantitative estimate of drug-likeness (QED) is 0.315. The SMILES string of the molecule is CCCC/C=C(\CBr)C1=C(CC2CC2)C(=O)OC1c1ccccc1. The Morgan fingerprint density at radius 2 is 2.04 bits per heavy atom. The Morgan fingerprint density at radius 1 is 1.29 bits per heavy atom. The average molecular weight is 389 g/mol. The Bertz CT molecular complexity index is 641. The van der Waals surface area contributed by atoms with Crippen LogP contribution in [0.2, 0.25) is 0 Å². The third-order valence-electron chi connectivity index (χ3n) is 4.79. The molecule has 1 aliphatic carbocycles. The summed E-state index contributed by atoms with van der Waals surface area (Å²) in [7, 11) is 0. The van der Waals surface area contributed by atoms with Gasteiger partial charge in [0.25, 0.3) is 0 Å². The standard InChI is InChI=1S/C21H25BrO2/c1-2-3-5-10-17(14-22)19-18(13-15-11-12-15)21(23)24-20(19)16-8-6-4-7-9-16/h4,6-10,15,20H,2-3,5,11-14H2,1H3/b17-10+. The predicted molar refractivity (Wildman–Crippen MR) is 101 cm³/mol. The van der Waals surface area contributed by atoms with E-state index >= 15 is 0 Å². The van der Waals surface area contributed by atoms with E-state index in [9.17, 15) is 4.79 Å². The fraction of sp³-hybridized carbons (Fsp3) is 0.476. The Kier molecular flexibility index (Phi) is 5.94. The Balaban J connectivity index is 1.98. The van der Waals surface area contributed by atoms with E-state index in [1.165, 1.54) is 31.3 Å². The number of hydrogen-bond acceptors (Lipinski definition) is 2. The third kappa shape index (κ3) is 4.00. The number of ether oxygens (including phenoxy) is 1. The summed E-state index contributed by atoms with van der Waals surface area (Å²) in [6.07, 6.45) is 8.79. The molecule has 3 heteroatoms. The van der Waals surface area contributed by atoms with Gasteiger partial charge in [0.15, 0.2) is 6.10 Å². The van der Waals surface area contributed by atoms with E-state index in [4.69, 9.17) is 4.74 Å². The fourth-order valence-electron chi connectivity index (χ4n) is 3.25. The molecule has 0 amide bonds. The molecule has 1 heterocycles. The lowest BCUT2D eigenvalue weighted by Gasteiger charge is -2.17. The molecule has 1 aromatic rings. The largest absolute Gasteiger partial charge is 0.449 e. The molecule has 2 nitrogen and oxygen atoms in total. The van der Waals surface area contributed by atoms with Gasteiger partial charge in [0.05, 0.1) is 0 Å². The molecule has 0 radical (unpaired) electrons. The van der Waals surface area contributed by atoms with Crippen LogP contribution in [-0.2, 0) is 9.53 Å². The first-order chi connectivity index (χ1) is 11.7. The molecule has 2 aliphatic rings. The highest BCUT2D eigenvalue weighted by molar-refractivity contribution is 9.09. The number of carbonyl (C=O) groups excluding carboxylic acids is 1. The van der Waals surface area contributed by atoms with E-state index in [1.807, 2.05) is 18.2 Å². The summed E-state index contributed by atoms with van der Waals surface area (Å²) < 4.78 is 5.82. The molecule has 1 aliphatic heterocycles. The molecule has 0 N–H and O–H groups in total. The minimum absolute atomic E-state index is 0.118. The molecule has 128 valence electrons. The van der Waals surface area contributed by atoms with E-state index in [1.54, 1.807) is 0 Å². The highest BCUT2D eigenvalue weighted by atomic mass is 79.9. The van der Waals surface area contributed by atoms with Crippen molar-refractivity contribution >= 4 is 21.9 Å². The van der Waals surface area contributed by atoms with Crippen molar-refractivity contribution in [1.29, 1.82) is 0 Å². The van der Waals surface area contributed by atoms with Crippen LogP contribution in [0, 0.1) is 5.92 Å². The summed E-state index contributed by atoms with van der Waals surface area (Å²) in [5.41, 5.74) is 4.31. The highest BCUT2D eigenvalue weighted by Gasteiger charge is 2.38. The summed E-state index contributed by atoms with van der Waals surface area (Å²) in [4.78, 5) is 12.6. The smallest absolute Gasteiger partial charge is 0.335 e. The van der Waals surface area contributed by atoms with Gasteiger partial charge in [0.2, 0.25) is 0 Å². The van der Waals surface area contributed by atoms with Crippen molar-refractivity contribution in [3.05, 3.63) is 58.7 Å². The Labute approximate surface area is 153 Å². The second kappa shape index (κ2) is 8.15. The fourth-order valence-corrected chi connectivity index (χ4v) is 3.78. The first kappa shape index (κ1) is 17.5. The maximum atomic E-state index is 12.6. The van der Waals surface area contributed by atoms with E-state index in [2.05, 4.69) is 41.1 Å². The number of carbonyl (C=O) groups is 1. The van der Waals surface area contributed by atoms with Gasteiger partial charge in [-0.1, -0.05) is 72.1 Å². The van der Waals surface area contributed by atoms with Crippen molar-refractivity contribution in [2.75, 3.05) is 5.33 Å². The normalized spacial score (nSPS) is 21.3. The van der Waals surface area contributed by atoms with Gasteiger partial charge in [-0.25, -0.2) is 4.79 Å². The zero-order valence-electron chi connectivity index (χ0n) is 14.3. The monoisotopic (exact) mass is 388 g/mol. The summed E-state index contributed by atoms with van der Waals surface area (Å²) in [6, 6.07) is 10.1. The lowest BCUT2D eigenvalue weighted by Crippen LogP contribution is -2.05. The van der Waals surface area contributed by atoms with E-state index < -0.39 is 0 Å². The van der Waals surface area contributed by atoms with Gasteiger partial charge in [-0.15, -0.1) is 0 Å². The van der Waals surface area contributed by atoms with Crippen LogP contribution in [0.5, 0.6) is 0 Å². The average Bonchev–Trinajstić information content (AvgIpc) is 3.37. The van der Waals surface area contributed by atoms with Crippen molar-refractivity contribution in [2.45, 2.75) is 51.6 Å². The summed E-state index contributed by atoms with van der Waals surface area (Å²) in [6.45, 7) is 2.20. The minimum atomic E-state index is -0.252. The van der Waals surface area contributed by atoms with Gasteiger partial charge >= 0.3 is 5.97 Å². The van der Waals surface area contributed by atoms with Gasteiger partial charge in [0.1, 0.15) is 0 Å². The molecule has 3 rings (SSSR count). The number of rotatable bonds is 8. The number of halogens is 1. The maximum Gasteiger partial charge on any atom is 0.335 e. The van der Waals surface area contributed by atoms with Crippen LogP contribution in [0.1, 0.15) is 57.1 Å². The van der Waals surface area contributed by atoms with Crippen molar-refractivity contribution < 1.29 is 9.53 Å². The van der Waals surface area contributed by atoms with Gasteiger partial charge in [0, 0.05) is 16.5 Å². The second-order valence-electron chi connectivity index (χ2n) is 6.74. The van der Waals surface area contributed by atoms with Crippen molar-refractivity contribution in [3.63, 3.8) is 0 Å². The summed E-state index contributed by atoms with van der Waals surface area (Å²) in [5.74, 6) is 0.553. The lowest BCUT2D eigenvalue weighted by molar-refractivity contribution is -0.140. The van der Waals surface area contributed by atoms with Gasteiger partial charge in [-0.05, 0) is 42.7 Å². The van der Waals surface area contributed by atoms with Crippen LogP contribution in [0.3, 0.4) is 0 Å². The number of cyclic esters (lactones) is 1. The summed E-state index contributed by atoms with van der Waals surface area (Å²) >= 11 is 3.64. The van der Waals surface area contributed by atoms with Crippen LogP contribution in [-0.4, -0.2) is 11.3 Å². The third-order valence-corrected chi connectivity index (χ3v) is 5.39. The zero-order valence-corrected chi connectivity index (χ0v) is 15.8. The molecular formula is C21H25BrO2. The first-order valence-electron chi connectivity index (χ1n) is 8.99. The number of allylic oxidation sites excluding steroid dienone is 1. The van der Waals surface area contributed by atoms with E-state index in [-0.39, 0.29) is 12.1 Å². The number of unbranched alkanes of at least 4 members (excludes halogenated alkanes) is 2. The van der Waals surface area contributed by atoms with Crippen molar-refractivity contribution in [2.24, 2.45) is 5.92 Å². The summed E-state index contributed by atoms with van der Waals surface area (Å²) in [5, 5.41) is 0.764. The van der Waals surface area contributed by atoms with Crippen LogP contribution in [0.25, 0.3) is 0 Å². The number of hydrogen-bond donors (Lipinski definition) is 0. The van der Waals surface area contributed by atoms with E-state index in [0.29, 0.717) is 5.92 Å². The van der Waals surface area contributed by atoms with Gasteiger partial charge in [-0.3, -0.25) is 0 Å².